The van der Waals surface area contributed by atoms with Crippen molar-refractivity contribution >= 4 is 106 Å². The number of thiol groups is 1. The van der Waals surface area contributed by atoms with E-state index in [4.69, 9.17) is 40.1 Å². The van der Waals surface area contributed by atoms with Crippen molar-refractivity contribution in [1.29, 1.82) is 0 Å². The summed E-state index contributed by atoms with van der Waals surface area (Å²) in [6, 6.07) is 10.7. The number of Topliss-reactive ketones (excluding diaryl/α,β-unsaturated/α-hetero) is 5. The lowest BCUT2D eigenvalue weighted by Gasteiger charge is -2.27. The van der Waals surface area contributed by atoms with Crippen LogP contribution < -0.4 is 61.4 Å². The van der Waals surface area contributed by atoms with Gasteiger partial charge in [-0.05, 0) is 94.7 Å². The van der Waals surface area contributed by atoms with Gasteiger partial charge in [0, 0.05) is 105 Å². The normalized spacial score (nSPS) is 15.5. The lowest BCUT2D eigenvalue weighted by molar-refractivity contribution is -0.145. The Balaban J connectivity index is 1.65. The topological polar surface area (TPSA) is 511 Å². The number of carbonyl (C=O) groups is 11. The minimum atomic E-state index is -1.50. The van der Waals surface area contributed by atoms with Gasteiger partial charge in [0.25, 0.3) is 0 Å². The number of nitrogens with two attached hydrogens (primary N) is 7. The number of ketones is 5. The fourth-order valence-electron chi connectivity index (χ4n) is 11.9. The van der Waals surface area contributed by atoms with Gasteiger partial charge >= 0.3 is 5.97 Å². The largest absolute Gasteiger partial charge is 0.481 e. The molecule has 0 unspecified atom stereocenters. The van der Waals surface area contributed by atoms with E-state index in [1.165, 1.54) is 13.8 Å². The highest BCUT2D eigenvalue weighted by Gasteiger charge is 2.38. The molecule has 0 bridgehead atoms. The van der Waals surface area contributed by atoms with Gasteiger partial charge in [0.2, 0.25) is 29.5 Å². The first-order chi connectivity index (χ1) is 45.1. The average Bonchev–Trinajstić information content (AvgIpc) is 1.75. The maximum absolute atomic E-state index is 15.1. The Morgan fingerprint density at radius 2 is 1.03 bits per heavy atom. The number of nitrogens with zero attached hydrogens (tertiary/aromatic N) is 3. The lowest BCUT2D eigenvalue weighted by Crippen LogP contribution is -2.50. The van der Waals surface area contributed by atoms with Crippen molar-refractivity contribution in [2.45, 2.75) is 179 Å². The number of nitrogens with one attached hydrogen (secondary N) is 5. The molecule has 1 aliphatic rings. The Labute approximate surface area is 559 Å². The smallest absolute Gasteiger partial charge is 0.306 e. The maximum atomic E-state index is 15.1. The van der Waals surface area contributed by atoms with Gasteiger partial charge in [-0.3, -0.25) is 62.9 Å². The third-order valence-electron chi connectivity index (χ3n) is 17.1. The van der Waals surface area contributed by atoms with Crippen LogP contribution in [0.5, 0.6) is 0 Å². The van der Waals surface area contributed by atoms with Gasteiger partial charge in [-0.2, -0.15) is 12.6 Å². The molecule has 1 aromatic heterocycles. The number of rotatable bonds is 46. The number of aliphatic imine (C=N–C) groups is 3. The zero-order chi connectivity index (χ0) is 70.1. The first-order valence-electron chi connectivity index (χ1n) is 32.5. The summed E-state index contributed by atoms with van der Waals surface area (Å²) in [6.07, 6.45) is 2.88. The maximum Gasteiger partial charge on any atom is 0.306 e. The van der Waals surface area contributed by atoms with Crippen molar-refractivity contribution in [1.82, 2.24) is 26.3 Å². The third kappa shape index (κ3) is 28.8. The Hall–Kier alpha value is -8.73. The molecule has 1 fully saturated rings. The number of carboxylic acid groups (broad SMARTS) is 1. The van der Waals surface area contributed by atoms with Crippen molar-refractivity contribution in [2.75, 3.05) is 25.4 Å². The second-order valence-corrected chi connectivity index (χ2v) is 25.2. The summed E-state index contributed by atoms with van der Waals surface area (Å²) in [5, 5.41) is 32.9. The van der Waals surface area contributed by atoms with Gasteiger partial charge in [-0.1, -0.05) is 80.6 Å². The molecule has 1 aliphatic carbocycles. The highest BCUT2D eigenvalue weighted by Crippen LogP contribution is 2.31. The number of aliphatic hydroxyl groups excluding tert-OH is 1. The fraction of sp³-hybridized carbons (Fsp3) is 0.576. The van der Waals surface area contributed by atoms with Gasteiger partial charge in [0.05, 0.1) is 42.1 Å². The Kier molecular flexibility index (Phi) is 34.1. The Morgan fingerprint density at radius 3 is 1.57 bits per heavy atom. The van der Waals surface area contributed by atoms with Crippen LogP contribution in [0, 0.1) is 35.5 Å². The first-order valence-corrected chi connectivity index (χ1v) is 33.2. The summed E-state index contributed by atoms with van der Waals surface area (Å²) in [5.74, 6) is -14.7. The second kappa shape index (κ2) is 41.2. The summed E-state index contributed by atoms with van der Waals surface area (Å²) in [7, 11) is 0. The fourth-order valence-corrected chi connectivity index (χ4v) is 12.2. The van der Waals surface area contributed by atoms with Gasteiger partial charge in [-0.25, -0.2) is 0 Å². The highest BCUT2D eigenvalue weighted by molar-refractivity contribution is 7.80. The number of aromatic nitrogens is 1. The molecule has 0 spiro atoms. The number of hydrogen-bond acceptors (Lipinski definition) is 16. The van der Waals surface area contributed by atoms with E-state index in [1.807, 2.05) is 12.1 Å². The molecular weight excluding hydrogens is 1240 g/mol. The molecule has 4 rings (SSSR count). The van der Waals surface area contributed by atoms with E-state index in [0.29, 0.717) is 28.5 Å². The van der Waals surface area contributed by atoms with Crippen LogP contribution in [0.4, 0.5) is 0 Å². The molecule has 2 aromatic carbocycles. The molecule has 0 radical (unpaired) electrons. The standard InChI is InChI=1S/C66H99N15O13S/c1-38(82)28-42(18-11-25-74-64(68)69)59(89)78-50(21-12-26-75-65(70)71)54(84)33-44(29-40-14-5-3-6-15-40)61(91)80-52(31-46-36-77-49-20-10-9-19-47(46)49)56(86)32-43(23-24-58(67)88)60(90)81-53(37-95)57(87)35-48(39(2)83)62(92)79-51(22-13-27-76-66(72)73)55(85)34-45(63(93)94)30-41-16-7-4-8-17-41/h3,5-6,9-10,14-15,19-20,36,39,41-45,48,50-53,77,83,95H,4,7-8,11-13,16-18,21-35,37H2,1-2H3,(H2,67,88)(H,78,89)(H,79,92)(H,80,91)(H,81,90)(H,93,94)(H4,68,69,74)(H4,70,71,75)(H4,72,73,76)/t39-,42-,43-,44-,45-,48+,50+,51+,52+,53+/m1/s1. The summed E-state index contributed by atoms with van der Waals surface area (Å²) in [5.41, 5.74) is 40.7. The highest BCUT2D eigenvalue weighted by atomic mass is 32.1. The molecule has 1 saturated carbocycles. The van der Waals surface area contributed by atoms with Crippen LogP contribution >= 0.6 is 12.6 Å². The second-order valence-electron chi connectivity index (χ2n) is 24.8. The molecule has 28 nitrogen and oxygen atoms in total. The number of aliphatic carboxylic acids is 1. The number of guanidine groups is 3. The predicted octanol–water partition coefficient (Wildman–Crippen LogP) is 1.58. The monoisotopic (exact) mass is 1340 g/mol. The van der Waals surface area contributed by atoms with Gasteiger partial charge in [-0.15, -0.1) is 0 Å². The number of carboxylic acids is 1. The van der Waals surface area contributed by atoms with Crippen LogP contribution in [-0.4, -0.2) is 153 Å². The van der Waals surface area contributed by atoms with Crippen LogP contribution in [0.25, 0.3) is 10.9 Å². The molecule has 0 aliphatic heterocycles. The van der Waals surface area contributed by atoms with E-state index in [-0.39, 0.29) is 126 Å². The molecule has 3 aromatic rings. The molecule has 21 N–H and O–H groups in total. The van der Waals surface area contributed by atoms with E-state index >= 15 is 9.59 Å². The number of fused-ring (bicyclic) bond motifs is 1. The number of H-pyrrole nitrogens is 1. The van der Waals surface area contributed by atoms with Gasteiger partial charge in [0.1, 0.15) is 5.78 Å². The van der Waals surface area contributed by atoms with Crippen LogP contribution in [0.2, 0.25) is 0 Å². The van der Waals surface area contributed by atoms with E-state index < -0.39 is 144 Å². The number of aromatic amines is 1. The van der Waals surface area contributed by atoms with Crippen LogP contribution in [0.15, 0.2) is 75.8 Å². The average molecular weight is 1340 g/mol. The van der Waals surface area contributed by atoms with Crippen molar-refractivity contribution in [2.24, 2.45) is 90.6 Å². The van der Waals surface area contributed by atoms with E-state index in [1.54, 1.807) is 48.7 Å². The lowest BCUT2D eigenvalue weighted by atomic mass is 9.80. The van der Waals surface area contributed by atoms with E-state index in [9.17, 15) is 53.4 Å². The number of hydrogen-bond donors (Lipinski definition) is 15. The van der Waals surface area contributed by atoms with Crippen LogP contribution in [-0.2, 0) is 65.6 Å². The molecular formula is C66H99N15O13S. The molecule has 522 valence electrons. The minimum absolute atomic E-state index is 0.0135. The number of aliphatic hydroxyl groups is 1. The Bertz CT molecular complexity index is 3160. The minimum Gasteiger partial charge on any atom is -0.481 e. The zero-order valence-corrected chi connectivity index (χ0v) is 55.4. The zero-order valence-electron chi connectivity index (χ0n) is 54.5. The van der Waals surface area contributed by atoms with Crippen molar-refractivity contribution in [3.05, 3.63) is 71.9 Å². The molecule has 29 heteroatoms. The van der Waals surface area contributed by atoms with Crippen LogP contribution in [0.3, 0.4) is 0 Å². The number of carbonyl (C=O) groups excluding carboxylic acids is 10. The summed E-state index contributed by atoms with van der Waals surface area (Å²) < 4.78 is 0. The number of amides is 5. The quantitative estimate of drug-likeness (QED) is 0.0165. The Morgan fingerprint density at radius 1 is 0.558 bits per heavy atom. The summed E-state index contributed by atoms with van der Waals surface area (Å²) in [6.45, 7) is 2.94. The molecule has 95 heavy (non-hydrogen) atoms. The van der Waals surface area contributed by atoms with Gasteiger partial charge in [0.15, 0.2) is 41.0 Å². The number of para-hydroxylation sites is 1. The first kappa shape index (κ1) is 78.7. The van der Waals surface area contributed by atoms with Crippen molar-refractivity contribution in [3.8, 4) is 0 Å². The van der Waals surface area contributed by atoms with Crippen molar-refractivity contribution < 1.29 is 63.0 Å². The SMILES string of the molecule is CC(=O)C[C@@H](CCCN=C(N)N)C(=O)N[C@@H](CCCN=C(N)N)C(=O)C[C@@H](Cc1ccccc1)C(=O)N[C@@H](Cc1c[nH]c2ccccc12)C(=O)C[C@@H](CCC(N)=O)C(=O)N[C@@H](CS)C(=O)C[C@H](C(=O)N[C@@H](CCCN=C(N)N)C(=O)C[C@@H](CC1CCCCC1)C(=O)O)[C@@H](C)O. The molecule has 0 saturated heterocycles. The third-order valence-corrected chi connectivity index (χ3v) is 17.4. The summed E-state index contributed by atoms with van der Waals surface area (Å²) in [4.78, 5) is 168. The molecule has 10 atom stereocenters. The predicted molar refractivity (Wildman–Crippen MR) is 364 cm³/mol. The molecule has 5 amide bonds. The van der Waals surface area contributed by atoms with E-state index in [2.05, 4.69) is 53.9 Å². The molecule has 1 heterocycles. The van der Waals surface area contributed by atoms with Crippen molar-refractivity contribution in [3.63, 3.8) is 0 Å². The van der Waals surface area contributed by atoms with Crippen LogP contribution in [0.1, 0.15) is 147 Å². The van der Waals surface area contributed by atoms with Gasteiger partial charge < -0.3 is 81.4 Å². The summed E-state index contributed by atoms with van der Waals surface area (Å²) >= 11 is 4.35. The number of benzene rings is 2. The van der Waals surface area contributed by atoms with E-state index in [0.717, 1.165) is 32.1 Å². The number of primary amides is 1.